The highest BCUT2D eigenvalue weighted by Gasteiger charge is 2.04. The number of benzene rings is 1. The number of nitrogens with one attached hydrogen (secondary N) is 1. The molecular formula is C16H24Cl3N3. The van der Waals surface area contributed by atoms with Crippen LogP contribution in [-0.2, 0) is 13.0 Å². The van der Waals surface area contributed by atoms with Gasteiger partial charge in [0.2, 0.25) is 0 Å². The standard InChI is InChI=1S/C16H22ClN3.2ClH/c1-3-16-19-10-12-20(16)11-4-9-18-13(2)14-5-7-15(17)8-6-14;;/h5-8,10,12-13,18H,3-4,9,11H2,1-2H3;2*1H. The lowest BCUT2D eigenvalue weighted by Gasteiger charge is -2.14. The first kappa shape index (κ1) is 21.3. The molecule has 0 amide bonds. The number of rotatable bonds is 7. The van der Waals surface area contributed by atoms with E-state index < -0.39 is 0 Å². The van der Waals surface area contributed by atoms with E-state index >= 15 is 0 Å². The first-order chi connectivity index (χ1) is 9.70. The molecule has 1 aromatic heterocycles. The molecule has 3 nitrogen and oxygen atoms in total. The summed E-state index contributed by atoms with van der Waals surface area (Å²) in [7, 11) is 0. The van der Waals surface area contributed by atoms with Crippen molar-refractivity contribution in [1.82, 2.24) is 14.9 Å². The lowest BCUT2D eigenvalue weighted by molar-refractivity contribution is 0.520. The smallest absolute Gasteiger partial charge is 0.108 e. The van der Waals surface area contributed by atoms with Crippen LogP contribution in [0.15, 0.2) is 36.7 Å². The van der Waals surface area contributed by atoms with E-state index in [9.17, 15) is 0 Å². The zero-order valence-electron chi connectivity index (χ0n) is 13.0. The van der Waals surface area contributed by atoms with Crippen LogP contribution in [0.5, 0.6) is 0 Å². The highest BCUT2D eigenvalue weighted by molar-refractivity contribution is 6.30. The Morgan fingerprint density at radius 3 is 2.55 bits per heavy atom. The topological polar surface area (TPSA) is 29.9 Å². The molecule has 0 spiro atoms. The van der Waals surface area contributed by atoms with Crippen molar-refractivity contribution in [3.8, 4) is 0 Å². The summed E-state index contributed by atoms with van der Waals surface area (Å²) >= 11 is 5.90. The Bertz CT molecular complexity index is 526. The number of aryl methyl sites for hydroxylation is 2. The molecule has 1 aromatic carbocycles. The van der Waals surface area contributed by atoms with E-state index in [-0.39, 0.29) is 24.8 Å². The monoisotopic (exact) mass is 363 g/mol. The SMILES string of the molecule is CCc1nccn1CCCNC(C)c1ccc(Cl)cc1.Cl.Cl. The van der Waals surface area contributed by atoms with Gasteiger partial charge in [0.05, 0.1) is 0 Å². The fraction of sp³-hybridized carbons (Fsp3) is 0.438. The predicted octanol–water partition coefficient (Wildman–Crippen LogP) is 4.68. The van der Waals surface area contributed by atoms with Crippen LogP contribution in [0, 0.1) is 0 Å². The summed E-state index contributed by atoms with van der Waals surface area (Å²) in [4.78, 5) is 4.33. The van der Waals surface area contributed by atoms with Crippen LogP contribution in [0.1, 0.15) is 37.7 Å². The maximum Gasteiger partial charge on any atom is 0.108 e. The van der Waals surface area contributed by atoms with Crippen molar-refractivity contribution < 1.29 is 0 Å². The molecule has 1 N–H and O–H groups in total. The number of aromatic nitrogens is 2. The second-order valence-corrected chi connectivity index (χ2v) is 5.41. The molecule has 0 bridgehead atoms. The minimum absolute atomic E-state index is 0. The van der Waals surface area contributed by atoms with Gasteiger partial charge in [0.25, 0.3) is 0 Å². The van der Waals surface area contributed by atoms with Crippen molar-refractivity contribution in [2.75, 3.05) is 6.54 Å². The van der Waals surface area contributed by atoms with Crippen molar-refractivity contribution in [2.45, 2.75) is 39.3 Å². The van der Waals surface area contributed by atoms with Crippen LogP contribution < -0.4 is 5.32 Å². The molecule has 0 aliphatic carbocycles. The zero-order valence-corrected chi connectivity index (χ0v) is 15.3. The zero-order chi connectivity index (χ0) is 14.4. The number of hydrogen-bond donors (Lipinski definition) is 1. The van der Waals surface area contributed by atoms with Crippen LogP contribution in [0.3, 0.4) is 0 Å². The molecule has 1 unspecified atom stereocenters. The second kappa shape index (κ2) is 10.9. The van der Waals surface area contributed by atoms with Crippen LogP contribution in [0.2, 0.25) is 5.02 Å². The third-order valence-corrected chi connectivity index (χ3v) is 3.77. The van der Waals surface area contributed by atoms with Crippen molar-refractivity contribution in [2.24, 2.45) is 0 Å². The van der Waals surface area contributed by atoms with Crippen molar-refractivity contribution in [1.29, 1.82) is 0 Å². The Kier molecular flexibility index (Phi) is 10.5. The number of halogens is 3. The molecule has 124 valence electrons. The summed E-state index contributed by atoms with van der Waals surface area (Å²) in [5.41, 5.74) is 1.27. The van der Waals surface area contributed by atoms with Crippen LogP contribution in [0.25, 0.3) is 0 Å². The molecule has 0 saturated carbocycles. The maximum absolute atomic E-state index is 5.90. The molecule has 6 heteroatoms. The van der Waals surface area contributed by atoms with Crippen molar-refractivity contribution in [3.63, 3.8) is 0 Å². The minimum Gasteiger partial charge on any atom is -0.335 e. The number of hydrogen-bond acceptors (Lipinski definition) is 2. The number of nitrogens with zero attached hydrogens (tertiary/aromatic N) is 2. The summed E-state index contributed by atoms with van der Waals surface area (Å²) in [6.45, 7) is 6.33. The average molecular weight is 365 g/mol. The third kappa shape index (κ3) is 6.17. The Balaban J connectivity index is 0.00000220. The lowest BCUT2D eigenvalue weighted by Crippen LogP contribution is -2.21. The van der Waals surface area contributed by atoms with E-state index in [1.165, 1.54) is 5.56 Å². The van der Waals surface area contributed by atoms with Gasteiger partial charge >= 0.3 is 0 Å². The van der Waals surface area contributed by atoms with Crippen LogP contribution >= 0.6 is 36.4 Å². The van der Waals surface area contributed by atoms with Gasteiger partial charge in [-0.15, -0.1) is 24.8 Å². The Morgan fingerprint density at radius 2 is 1.91 bits per heavy atom. The van der Waals surface area contributed by atoms with Gasteiger partial charge in [0.1, 0.15) is 5.82 Å². The van der Waals surface area contributed by atoms with Gasteiger partial charge in [-0.1, -0.05) is 30.7 Å². The summed E-state index contributed by atoms with van der Waals surface area (Å²) in [6.07, 6.45) is 6.02. The molecule has 0 aliphatic heterocycles. The molecule has 22 heavy (non-hydrogen) atoms. The third-order valence-electron chi connectivity index (χ3n) is 3.51. The molecule has 0 fully saturated rings. The summed E-state index contributed by atoms with van der Waals surface area (Å²) in [5.74, 6) is 1.16. The molecular weight excluding hydrogens is 341 g/mol. The average Bonchev–Trinajstić information content (AvgIpc) is 2.91. The maximum atomic E-state index is 5.90. The fourth-order valence-corrected chi connectivity index (χ4v) is 2.42. The van der Waals surface area contributed by atoms with E-state index in [1.54, 1.807) is 0 Å². The van der Waals surface area contributed by atoms with E-state index in [1.807, 2.05) is 18.3 Å². The van der Waals surface area contributed by atoms with Crippen LogP contribution in [0.4, 0.5) is 0 Å². The summed E-state index contributed by atoms with van der Waals surface area (Å²) in [5, 5.41) is 4.33. The molecule has 0 aliphatic rings. The lowest BCUT2D eigenvalue weighted by atomic mass is 10.1. The second-order valence-electron chi connectivity index (χ2n) is 4.97. The first-order valence-corrected chi connectivity index (χ1v) is 7.57. The largest absolute Gasteiger partial charge is 0.335 e. The van der Waals surface area contributed by atoms with E-state index in [4.69, 9.17) is 11.6 Å². The summed E-state index contributed by atoms with van der Waals surface area (Å²) in [6, 6.07) is 8.37. The molecule has 0 radical (unpaired) electrons. The van der Waals surface area contributed by atoms with Gasteiger partial charge in [-0.05, 0) is 37.6 Å². The number of imidazole rings is 1. The molecule has 2 rings (SSSR count). The van der Waals surface area contributed by atoms with Gasteiger partial charge in [-0.25, -0.2) is 4.98 Å². The van der Waals surface area contributed by atoms with Crippen molar-refractivity contribution in [3.05, 3.63) is 53.1 Å². The molecule has 1 atom stereocenters. The molecule has 1 heterocycles. The van der Waals surface area contributed by atoms with E-state index in [2.05, 4.69) is 47.0 Å². The van der Waals surface area contributed by atoms with Gasteiger partial charge < -0.3 is 9.88 Å². The van der Waals surface area contributed by atoms with Gasteiger partial charge in [-0.2, -0.15) is 0 Å². The quantitative estimate of drug-likeness (QED) is 0.723. The Morgan fingerprint density at radius 1 is 1.23 bits per heavy atom. The minimum atomic E-state index is 0. The molecule has 0 saturated heterocycles. The fourth-order valence-electron chi connectivity index (χ4n) is 2.30. The van der Waals surface area contributed by atoms with Gasteiger partial charge in [-0.3, -0.25) is 0 Å². The Labute approximate surface area is 150 Å². The van der Waals surface area contributed by atoms with Gasteiger partial charge in [0.15, 0.2) is 0 Å². The normalized spacial score (nSPS) is 11.4. The predicted molar refractivity (Wildman–Crippen MR) is 98.6 cm³/mol. The first-order valence-electron chi connectivity index (χ1n) is 7.19. The van der Waals surface area contributed by atoms with Crippen LogP contribution in [-0.4, -0.2) is 16.1 Å². The van der Waals surface area contributed by atoms with Gasteiger partial charge in [0, 0.05) is 36.4 Å². The van der Waals surface area contributed by atoms with Crippen molar-refractivity contribution >= 4 is 36.4 Å². The van der Waals surface area contributed by atoms with E-state index in [0.29, 0.717) is 6.04 Å². The molecule has 2 aromatic rings. The van der Waals surface area contributed by atoms with E-state index in [0.717, 1.165) is 36.8 Å². The highest BCUT2D eigenvalue weighted by atomic mass is 35.5. The Hall–Kier alpha value is -0.740. The summed E-state index contributed by atoms with van der Waals surface area (Å²) < 4.78 is 2.23. The highest BCUT2D eigenvalue weighted by Crippen LogP contribution is 2.15.